The summed E-state index contributed by atoms with van der Waals surface area (Å²) in [5.41, 5.74) is 0. The van der Waals surface area contributed by atoms with Crippen LogP contribution >= 0.6 is 0 Å². The summed E-state index contributed by atoms with van der Waals surface area (Å²) in [7, 11) is 1.77. The minimum atomic E-state index is 0.0307. The molecule has 0 spiro atoms. The van der Waals surface area contributed by atoms with E-state index in [4.69, 9.17) is 9.47 Å². The number of hydrogen-bond donors (Lipinski definition) is 2. The second-order valence-corrected chi connectivity index (χ2v) is 4.79. The van der Waals surface area contributed by atoms with Gasteiger partial charge in [-0.25, -0.2) is 0 Å². The fraction of sp³-hybridized carbons (Fsp3) is 0.750. The van der Waals surface area contributed by atoms with Gasteiger partial charge in [-0.2, -0.15) is 15.0 Å². The average Bonchev–Trinajstić information content (AvgIpc) is 2.88. The van der Waals surface area contributed by atoms with Gasteiger partial charge < -0.3 is 20.1 Å². The number of rotatable bonds is 6. The minimum absolute atomic E-state index is 0.0307. The first kappa shape index (κ1) is 13.8. The molecule has 0 amide bonds. The maximum absolute atomic E-state index is 5.50. The number of nitrogens with zero attached hydrogens (tertiary/aromatic N) is 3. The van der Waals surface area contributed by atoms with Gasteiger partial charge in [-0.1, -0.05) is 0 Å². The van der Waals surface area contributed by atoms with Gasteiger partial charge in [-0.15, -0.1) is 0 Å². The van der Waals surface area contributed by atoms with Crippen LogP contribution in [-0.4, -0.2) is 47.9 Å². The lowest BCUT2D eigenvalue weighted by Crippen LogP contribution is -2.17. The zero-order valence-electron chi connectivity index (χ0n) is 11.6. The van der Waals surface area contributed by atoms with Crippen molar-refractivity contribution in [1.29, 1.82) is 0 Å². The second kappa shape index (κ2) is 6.51. The van der Waals surface area contributed by atoms with E-state index in [9.17, 15) is 0 Å². The molecule has 7 nitrogen and oxygen atoms in total. The van der Waals surface area contributed by atoms with Crippen LogP contribution in [0.25, 0.3) is 0 Å². The Balaban J connectivity index is 2.00. The van der Waals surface area contributed by atoms with E-state index in [1.54, 1.807) is 7.05 Å². The Kier molecular flexibility index (Phi) is 4.73. The smallest absolute Gasteiger partial charge is 0.323 e. The van der Waals surface area contributed by atoms with Crippen molar-refractivity contribution >= 4 is 11.9 Å². The van der Waals surface area contributed by atoms with Crippen LogP contribution in [0.5, 0.6) is 6.01 Å². The van der Waals surface area contributed by atoms with E-state index in [2.05, 4.69) is 25.6 Å². The Hall–Kier alpha value is -1.63. The molecular formula is C12H21N5O2. The summed E-state index contributed by atoms with van der Waals surface area (Å²) in [4.78, 5) is 12.7. The molecule has 7 heteroatoms. The highest BCUT2D eigenvalue weighted by Gasteiger charge is 2.16. The molecule has 1 unspecified atom stereocenters. The molecule has 0 saturated carbocycles. The fourth-order valence-corrected chi connectivity index (χ4v) is 1.79. The Morgan fingerprint density at radius 2 is 2.11 bits per heavy atom. The molecule has 1 atom stereocenters. The summed E-state index contributed by atoms with van der Waals surface area (Å²) in [5, 5.41) is 6.11. The Morgan fingerprint density at radius 3 is 2.74 bits per heavy atom. The standard InChI is InChI=1S/C12H21N5O2/c1-8(2)19-12-16-10(13-3)15-11(17-12)14-6-9-4-5-18-7-9/h8-9H,4-7H2,1-3H3,(H2,13,14,15,16,17). The molecule has 19 heavy (non-hydrogen) atoms. The lowest BCUT2D eigenvalue weighted by molar-refractivity contribution is 0.187. The van der Waals surface area contributed by atoms with E-state index in [1.165, 1.54) is 0 Å². The molecule has 1 fully saturated rings. The maximum Gasteiger partial charge on any atom is 0.323 e. The Labute approximate surface area is 113 Å². The second-order valence-electron chi connectivity index (χ2n) is 4.79. The van der Waals surface area contributed by atoms with Crippen molar-refractivity contribution in [2.45, 2.75) is 26.4 Å². The highest BCUT2D eigenvalue weighted by Crippen LogP contribution is 2.15. The normalized spacial score (nSPS) is 18.6. The van der Waals surface area contributed by atoms with Crippen LogP contribution in [0.2, 0.25) is 0 Å². The summed E-state index contributed by atoms with van der Waals surface area (Å²) in [5.74, 6) is 1.54. The first-order chi connectivity index (χ1) is 9.17. The third kappa shape index (κ3) is 4.20. The zero-order chi connectivity index (χ0) is 13.7. The van der Waals surface area contributed by atoms with Crippen LogP contribution in [0.3, 0.4) is 0 Å². The molecule has 0 bridgehead atoms. The van der Waals surface area contributed by atoms with Crippen molar-refractivity contribution < 1.29 is 9.47 Å². The molecule has 1 aromatic rings. The monoisotopic (exact) mass is 267 g/mol. The Morgan fingerprint density at radius 1 is 1.32 bits per heavy atom. The van der Waals surface area contributed by atoms with Crippen LogP contribution in [0.15, 0.2) is 0 Å². The van der Waals surface area contributed by atoms with E-state index < -0.39 is 0 Å². The third-order valence-electron chi connectivity index (χ3n) is 2.75. The van der Waals surface area contributed by atoms with E-state index in [0.717, 1.165) is 26.2 Å². The van der Waals surface area contributed by atoms with Gasteiger partial charge in [0.15, 0.2) is 0 Å². The molecule has 0 aromatic carbocycles. The maximum atomic E-state index is 5.50. The van der Waals surface area contributed by atoms with E-state index in [0.29, 0.717) is 23.8 Å². The summed E-state index contributed by atoms with van der Waals surface area (Å²) >= 11 is 0. The molecule has 1 aliphatic rings. The number of hydrogen-bond acceptors (Lipinski definition) is 7. The Bertz CT molecular complexity index is 407. The van der Waals surface area contributed by atoms with Crippen LogP contribution < -0.4 is 15.4 Å². The highest BCUT2D eigenvalue weighted by atomic mass is 16.5. The van der Waals surface area contributed by atoms with Crippen LogP contribution in [0.4, 0.5) is 11.9 Å². The number of ether oxygens (including phenoxy) is 2. The molecule has 0 aliphatic carbocycles. The van der Waals surface area contributed by atoms with E-state index in [-0.39, 0.29) is 6.10 Å². The molecular weight excluding hydrogens is 246 g/mol. The summed E-state index contributed by atoms with van der Waals surface area (Å²) in [6, 6.07) is 0.333. The predicted octanol–water partition coefficient (Wildman–Crippen LogP) is 1.15. The molecule has 0 radical (unpaired) electrons. The van der Waals surface area contributed by atoms with Crippen LogP contribution in [0, 0.1) is 5.92 Å². The summed E-state index contributed by atoms with van der Waals surface area (Å²) in [6.07, 6.45) is 1.11. The predicted molar refractivity (Wildman–Crippen MR) is 72.6 cm³/mol. The van der Waals surface area contributed by atoms with Crippen LogP contribution in [-0.2, 0) is 4.74 Å². The largest absolute Gasteiger partial charge is 0.461 e. The SMILES string of the molecule is CNc1nc(NCC2CCOC2)nc(OC(C)C)n1. The van der Waals surface area contributed by atoms with Gasteiger partial charge >= 0.3 is 6.01 Å². The van der Waals surface area contributed by atoms with Crippen molar-refractivity contribution in [1.82, 2.24) is 15.0 Å². The fourth-order valence-electron chi connectivity index (χ4n) is 1.79. The van der Waals surface area contributed by atoms with Crippen molar-refractivity contribution in [2.75, 3.05) is 37.4 Å². The molecule has 2 heterocycles. The molecule has 1 aromatic heterocycles. The highest BCUT2D eigenvalue weighted by molar-refractivity contribution is 5.35. The topological polar surface area (TPSA) is 81.2 Å². The minimum Gasteiger partial charge on any atom is -0.461 e. The molecule has 1 saturated heterocycles. The van der Waals surface area contributed by atoms with Gasteiger partial charge in [-0.3, -0.25) is 0 Å². The van der Waals surface area contributed by atoms with Gasteiger partial charge in [0.2, 0.25) is 11.9 Å². The van der Waals surface area contributed by atoms with Gasteiger partial charge in [0, 0.05) is 26.1 Å². The molecule has 106 valence electrons. The van der Waals surface area contributed by atoms with E-state index in [1.807, 2.05) is 13.8 Å². The lowest BCUT2D eigenvalue weighted by Gasteiger charge is -2.12. The summed E-state index contributed by atoms with van der Waals surface area (Å²) < 4.78 is 10.8. The van der Waals surface area contributed by atoms with Crippen molar-refractivity contribution in [2.24, 2.45) is 5.92 Å². The molecule has 2 rings (SSSR count). The molecule has 2 N–H and O–H groups in total. The molecule has 1 aliphatic heterocycles. The van der Waals surface area contributed by atoms with Crippen molar-refractivity contribution in [3.8, 4) is 6.01 Å². The summed E-state index contributed by atoms with van der Waals surface area (Å²) in [6.45, 7) is 6.31. The van der Waals surface area contributed by atoms with Gasteiger partial charge in [-0.05, 0) is 20.3 Å². The number of anilines is 2. The lowest BCUT2D eigenvalue weighted by atomic mass is 10.1. The van der Waals surface area contributed by atoms with Crippen molar-refractivity contribution in [3.63, 3.8) is 0 Å². The average molecular weight is 267 g/mol. The van der Waals surface area contributed by atoms with Crippen LogP contribution in [0.1, 0.15) is 20.3 Å². The van der Waals surface area contributed by atoms with E-state index >= 15 is 0 Å². The van der Waals surface area contributed by atoms with Crippen molar-refractivity contribution in [3.05, 3.63) is 0 Å². The van der Waals surface area contributed by atoms with Gasteiger partial charge in [0.25, 0.3) is 0 Å². The first-order valence-electron chi connectivity index (χ1n) is 6.59. The van der Waals surface area contributed by atoms with Gasteiger partial charge in [0.1, 0.15) is 0 Å². The van der Waals surface area contributed by atoms with Gasteiger partial charge in [0.05, 0.1) is 12.7 Å². The number of nitrogens with one attached hydrogen (secondary N) is 2. The third-order valence-corrected chi connectivity index (χ3v) is 2.75. The zero-order valence-corrected chi connectivity index (χ0v) is 11.6. The number of aromatic nitrogens is 3. The first-order valence-corrected chi connectivity index (χ1v) is 6.59. The quantitative estimate of drug-likeness (QED) is 0.800.